The quantitative estimate of drug-likeness (QED) is 0.0339. The second kappa shape index (κ2) is 30.3. The van der Waals surface area contributed by atoms with Gasteiger partial charge in [0.15, 0.2) is 0 Å². The zero-order valence-electron chi connectivity index (χ0n) is 28.9. The molecule has 0 aromatic rings. The number of carbonyl (C=O) groups is 2. The second-order valence-corrected chi connectivity index (χ2v) is 13.1. The lowest BCUT2D eigenvalue weighted by Gasteiger charge is -2.12. The molecule has 1 aliphatic heterocycles. The summed E-state index contributed by atoms with van der Waals surface area (Å²) in [5.74, 6) is -0.581. The Kier molecular flexibility index (Phi) is 27.9. The Morgan fingerprint density at radius 1 is 0.591 bits per heavy atom. The minimum absolute atomic E-state index is 0.120. The highest BCUT2D eigenvalue weighted by Gasteiger charge is 2.36. The molecule has 1 N–H and O–H groups in total. The maximum atomic E-state index is 12.0. The van der Waals surface area contributed by atoms with Crippen LogP contribution in [0.1, 0.15) is 187 Å². The molecule has 1 aliphatic rings. The van der Waals surface area contributed by atoms with Gasteiger partial charge in [0.2, 0.25) is 0 Å². The molecular formula is C38H70O6. The Bertz CT molecular complexity index is 693. The minimum Gasteiger partial charge on any atom is -0.463 e. The third-order valence-electron chi connectivity index (χ3n) is 8.67. The molecule has 0 aliphatic carbocycles. The number of epoxide rings is 1. The minimum atomic E-state index is -0.968. The molecule has 3 atom stereocenters. The van der Waals surface area contributed by atoms with Gasteiger partial charge in [0, 0.05) is 12.8 Å². The van der Waals surface area contributed by atoms with E-state index >= 15 is 0 Å². The standard InChI is InChI=1S/C38H70O6/c1-3-5-7-9-11-12-13-14-15-16-17-18-22-26-30-37(40)42-32-34(39)33-43-38(41)31-27-23-19-21-25-29-36-35(44-36)28-24-20-10-8-6-4-2/h20,24,34-36,39H,3-19,21-23,25-33H2,1-2H3/b24-20-/t34-,35?,36?/m0/s1. The number of unbranched alkanes of at least 4 members (excludes halogenated alkanes) is 20. The monoisotopic (exact) mass is 623 g/mol. The lowest BCUT2D eigenvalue weighted by atomic mass is 10.0. The van der Waals surface area contributed by atoms with Crippen molar-refractivity contribution in [2.24, 2.45) is 0 Å². The summed E-state index contributed by atoms with van der Waals surface area (Å²) < 4.78 is 16.1. The van der Waals surface area contributed by atoms with Crippen LogP contribution >= 0.6 is 0 Å². The maximum Gasteiger partial charge on any atom is 0.305 e. The van der Waals surface area contributed by atoms with E-state index in [1.165, 1.54) is 103 Å². The summed E-state index contributed by atoms with van der Waals surface area (Å²) in [5, 5.41) is 10.0. The molecule has 1 fully saturated rings. The van der Waals surface area contributed by atoms with Crippen molar-refractivity contribution in [3.05, 3.63) is 12.2 Å². The number of aliphatic hydroxyl groups is 1. The van der Waals surface area contributed by atoms with Crippen LogP contribution in [0.4, 0.5) is 0 Å². The average Bonchev–Trinajstić information content (AvgIpc) is 3.78. The molecule has 1 rings (SSSR count). The van der Waals surface area contributed by atoms with E-state index in [-0.39, 0.29) is 25.2 Å². The van der Waals surface area contributed by atoms with Crippen molar-refractivity contribution in [1.29, 1.82) is 0 Å². The molecule has 6 nitrogen and oxygen atoms in total. The fourth-order valence-corrected chi connectivity index (χ4v) is 5.68. The number of ether oxygens (including phenoxy) is 3. The van der Waals surface area contributed by atoms with Gasteiger partial charge in [-0.3, -0.25) is 9.59 Å². The largest absolute Gasteiger partial charge is 0.463 e. The zero-order chi connectivity index (χ0) is 31.9. The van der Waals surface area contributed by atoms with Crippen LogP contribution in [0.15, 0.2) is 12.2 Å². The third kappa shape index (κ3) is 27.0. The van der Waals surface area contributed by atoms with Gasteiger partial charge < -0.3 is 19.3 Å². The molecule has 1 saturated heterocycles. The zero-order valence-corrected chi connectivity index (χ0v) is 28.9. The summed E-state index contributed by atoms with van der Waals surface area (Å²) in [5.41, 5.74) is 0. The van der Waals surface area contributed by atoms with Crippen LogP contribution in [0.5, 0.6) is 0 Å². The van der Waals surface area contributed by atoms with Crippen LogP contribution in [-0.2, 0) is 23.8 Å². The van der Waals surface area contributed by atoms with Gasteiger partial charge in [-0.05, 0) is 38.5 Å². The Labute approximate surface area is 271 Å². The number of esters is 2. The molecule has 258 valence electrons. The molecule has 0 saturated carbocycles. The van der Waals surface area contributed by atoms with Gasteiger partial charge >= 0.3 is 11.9 Å². The summed E-state index contributed by atoms with van der Waals surface area (Å²) in [7, 11) is 0. The van der Waals surface area contributed by atoms with Crippen LogP contribution in [0.25, 0.3) is 0 Å². The SMILES string of the molecule is CCCCC/C=C\CC1OC1CCCCCCCC(=O)OC[C@@H](O)COC(=O)CCCCCCCCCCCCCCCC. The topological polar surface area (TPSA) is 85.4 Å². The molecule has 0 radical (unpaired) electrons. The van der Waals surface area contributed by atoms with Crippen molar-refractivity contribution < 1.29 is 28.9 Å². The average molecular weight is 623 g/mol. The number of rotatable bonds is 33. The van der Waals surface area contributed by atoms with Crippen molar-refractivity contribution >= 4 is 11.9 Å². The number of carbonyl (C=O) groups excluding carboxylic acids is 2. The van der Waals surface area contributed by atoms with Gasteiger partial charge in [0.1, 0.15) is 19.3 Å². The van der Waals surface area contributed by atoms with Crippen LogP contribution < -0.4 is 0 Å². The van der Waals surface area contributed by atoms with Gasteiger partial charge in [0.05, 0.1) is 12.2 Å². The number of hydrogen-bond acceptors (Lipinski definition) is 6. The first-order valence-corrected chi connectivity index (χ1v) is 18.9. The Morgan fingerprint density at radius 2 is 1.02 bits per heavy atom. The molecule has 2 unspecified atom stereocenters. The van der Waals surface area contributed by atoms with Crippen LogP contribution in [0, 0.1) is 0 Å². The highest BCUT2D eigenvalue weighted by Crippen LogP contribution is 2.30. The Hall–Kier alpha value is -1.40. The van der Waals surface area contributed by atoms with Gasteiger partial charge in [-0.15, -0.1) is 0 Å². The highest BCUT2D eigenvalue weighted by atomic mass is 16.6. The summed E-state index contributed by atoms with van der Waals surface area (Å²) in [4.78, 5) is 23.9. The summed E-state index contributed by atoms with van der Waals surface area (Å²) in [6.07, 6.45) is 35.7. The molecule has 44 heavy (non-hydrogen) atoms. The van der Waals surface area contributed by atoms with E-state index in [9.17, 15) is 14.7 Å². The van der Waals surface area contributed by atoms with Crippen molar-refractivity contribution in [1.82, 2.24) is 0 Å². The molecule has 0 amide bonds. The molecular weight excluding hydrogens is 552 g/mol. The smallest absolute Gasteiger partial charge is 0.305 e. The Morgan fingerprint density at radius 3 is 1.52 bits per heavy atom. The molecule has 0 bridgehead atoms. The van der Waals surface area contributed by atoms with E-state index in [0.29, 0.717) is 25.0 Å². The Balaban J connectivity index is 1.82. The van der Waals surface area contributed by atoms with Gasteiger partial charge in [-0.2, -0.15) is 0 Å². The third-order valence-corrected chi connectivity index (χ3v) is 8.67. The molecule has 0 aromatic heterocycles. The summed E-state index contributed by atoms with van der Waals surface area (Å²) in [6, 6.07) is 0. The van der Waals surface area contributed by atoms with Crippen molar-refractivity contribution in [2.45, 2.75) is 206 Å². The predicted octanol–water partition coefficient (Wildman–Crippen LogP) is 10.3. The first kappa shape index (κ1) is 40.6. The predicted molar refractivity (Wildman–Crippen MR) is 182 cm³/mol. The first-order valence-electron chi connectivity index (χ1n) is 18.9. The van der Waals surface area contributed by atoms with Crippen LogP contribution in [-0.4, -0.2) is 48.6 Å². The number of hydrogen-bond donors (Lipinski definition) is 1. The van der Waals surface area contributed by atoms with E-state index in [1.807, 2.05) is 0 Å². The lowest BCUT2D eigenvalue weighted by molar-refractivity contribution is -0.152. The molecule has 0 spiro atoms. The number of aliphatic hydroxyl groups excluding tert-OH is 1. The molecule has 6 heteroatoms. The van der Waals surface area contributed by atoms with E-state index < -0.39 is 6.10 Å². The highest BCUT2D eigenvalue weighted by molar-refractivity contribution is 5.69. The van der Waals surface area contributed by atoms with E-state index in [2.05, 4.69) is 26.0 Å². The molecule has 1 heterocycles. The summed E-state index contributed by atoms with van der Waals surface area (Å²) >= 11 is 0. The first-order chi connectivity index (χ1) is 21.6. The lowest BCUT2D eigenvalue weighted by Crippen LogP contribution is -2.25. The van der Waals surface area contributed by atoms with Crippen LogP contribution in [0.3, 0.4) is 0 Å². The van der Waals surface area contributed by atoms with E-state index in [1.54, 1.807) is 0 Å². The second-order valence-electron chi connectivity index (χ2n) is 13.1. The fraction of sp³-hybridized carbons (Fsp3) is 0.895. The fourth-order valence-electron chi connectivity index (χ4n) is 5.68. The van der Waals surface area contributed by atoms with Crippen molar-refractivity contribution in [2.75, 3.05) is 13.2 Å². The van der Waals surface area contributed by atoms with Crippen LogP contribution in [0.2, 0.25) is 0 Å². The van der Waals surface area contributed by atoms with Gasteiger partial charge in [-0.25, -0.2) is 0 Å². The van der Waals surface area contributed by atoms with Crippen molar-refractivity contribution in [3.63, 3.8) is 0 Å². The molecule has 0 aromatic carbocycles. The maximum absolute atomic E-state index is 12.0. The van der Waals surface area contributed by atoms with Gasteiger partial charge in [0.25, 0.3) is 0 Å². The van der Waals surface area contributed by atoms with Crippen molar-refractivity contribution in [3.8, 4) is 0 Å². The van der Waals surface area contributed by atoms with Gasteiger partial charge in [-0.1, -0.05) is 148 Å². The normalized spacial score (nSPS) is 16.8. The number of allylic oxidation sites excluding steroid dienone is 1. The van der Waals surface area contributed by atoms with E-state index in [4.69, 9.17) is 14.2 Å². The van der Waals surface area contributed by atoms with E-state index in [0.717, 1.165) is 57.8 Å². The summed E-state index contributed by atoms with van der Waals surface area (Å²) in [6.45, 7) is 4.26.